The molecule has 1 spiro atoms. The van der Waals surface area contributed by atoms with Crippen molar-refractivity contribution >= 4 is 0 Å². The van der Waals surface area contributed by atoms with Crippen molar-refractivity contribution in [2.24, 2.45) is 5.41 Å². The molecule has 0 amide bonds. The molecule has 72 valence electrons. The van der Waals surface area contributed by atoms with Gasteiger partial charge in [0.05, 0.1) is 6.10 Å². The third-order valence-corrected chi connectivity index (χ3v) is 3.00. The SMILES string of the molecule is CC.OC1CC2(CCNCC2)C1. The lowest BCUT2D eigenvalue weighted by atomic mass is 9.62. The predicted molar refractivity (Wildman–Crippen MR) is 51.1 cm³/mol. The Labute approximate surface area is 75.4 Å². The zero-order valence-electron chi connectivity index (χ0n) is 8.27. The van der Waals surface area contributed by atoms with E-state index < -0.39 is 0 Å². The first kappa shape index (κ1) is 10.0. The largest absolute Gasteiger partial charge is 0.393 e. The summed E-state index contributed by atoms with van der Waals surface area (Å²) in [5.74, 6) is 0. The second-order valence-electron chi connectivity index (χ2n) is 3.81. The van der Waals surface area contributed by atoms with Gasteiger partial charge in [-0.3, -0.25) is 0 Å². The van der Waals surface area contributed by atoms with Crippen molar-refractivity contribution in [2.45, 2.75) is 45.6 Å². The summed E-state index contributed by atoms with van der Waals surface area (Å²) in [5, 5.41) is 12.5. The molecule has 2 heteroatoms. The third-order valence-electron chi connectivity index (χ3n) is 3.00. The molecule has 2 fully saturated rings. The predicted octanol–water partition coefficient (Wildman–Crippen LogP) is 1.54. The van der Waals surface area contributed by atoms with Crippen LogP contribution in [0.4, 0.5) is 0 Å². The highest BCUT2D eigenvalue weighted by molar-refractivity contribution is 4.96. The summed E-state index contributed by atoms with van der Waals surface area (Å²) >= 11 is 0. The summed E-state index contributed by atoms with van der Waals surface area (Å²) in [4.78, 5) is 0. The van der Waals surface area contributed by atoms with Gasteiger partial charge in [-0.25, -0.2) is 0 Å². The summed E-state index contributed by atoms with van der Waals surface area (Å²) in [5.41, 5.74) is 0.560. The van der Waals surface area contributed by atoms with Crippen LogP contribution in [0.25, 0.3) is 0 Å². The fourth-order valence-corrected chi connectivity index (χ4v) is 2.31. The maximum atomic E-state index is 9.14. The zero-order valence-corrected chi connectivity index (χ0v) is 8.27. The standard InChI is InChI=1S/C8H15NO.C2H6/c10-7-5-8(6-7)1-3-9-4-2-8;1-2/h7,9-10H,1-6H2;1-2H3. The van der Waals surface area contributed by atoms with Crippen LogP contribution in [0, 0.1) is 5.41 Å². The fraction of sp³-hybridized carbons (Fsp3) is 1.00. The van der Waals surface area contributed by atoms with Crippen molar-refractivity contribution in [1.82, 2.24) is 5.32 Å². The van der Waals surface area contributed by atoms with Crippen molar-refractivity contribution in [3.05, 3.63) is 0 Å². The molecule has 0 bridgehead atoms. The second-order valence-corrected chi connectivity index (χ2v) is 3.81. The monoisotopic (exact) mass is 171 g/mol. The molecule has 0 aromatic rings. The molecule has 12 heavy (non-hydrogen) atoms. The highest BCUT2D eigenvalue weighted by atomic mass is 16.3. The zero-order chi connectivity index (χ0) is 9.03. The van der Waals surface area contributed by atoms with Crippen LogP contribution in [0.15, 0.2) is 0 Å². The number of aliphatic hydroxyl groups is 1. The van der Waals surface area contributed by atoms with Crippen LogP contribution in [0.5, 0.6) is 0 Å². The molecule has 0 unspecified atom stereocenters. The molecule has 1 saturated heterocycles. The normalized spacial score (nSPS) is 27.2. The lowest BCUT2D eigenvalue weighted by Gasteiger charge is -2.48. The molecule has 2 N–H and O–H groups in total. The summed E-state index contributed by atoms with van der Waals surface area (Å²) < 4.78 is 0. The van der Waals surface area contributed by atoms with Crippen molar-refractivity contribution in [2.75, 3.05) is 13.1 Å². The minimum atomic E-state index is 0.0260. The van der Waals surface area contributed by atoms with E-state index in [4.69, 9.17) is 5.11 Å². The van der Waals surface area contributed by atoms with Crippen molar-refractivity contribution in [3.8, 4) is 0 Å². The smallest absolute Gasteiger partial charge is 0.0550 e. The minimum absolute atomic E-state index is 0.0260. The highest BCUT2D eigenvalue weighted by Gasteiger charge is 2.43. The van der Waals surface area contributed by atoms with Crippen LogP contribution in [0.1, 0.15) is 39.5 Å². The minimum Gasteiger partial charge on any atom is -0.393 e. The number of piperidine rings is 1. The lowest BCUT2D eigenvalue weighted by Crippen LogP contribution is -2.47. The fourth-order valence-electron chi connectivity index (χ4n) is 2.31. The number of nitrogens with one attached hydrogen (secondary N) is 1. The number of hydrogen-bond donors (Lipinski definition) is 2. The molecule has 1 aliphatic carbocycles. The van der Waals surface area contributed by atoms with Gasteiger partial charge in [0, 0.05) is 0 Å². The summed E-state index contributed by atoms with van der Waals surface area (Å²) in [7, 11) is 0. The Morgan fingerprint density at radius 2 is 1.67 bits per heavy atom. The number of rotatable bonds is 0. The van der Waals surface area contributed by atoms with Crippen LogP contribution in [-0.2, 0) is 0 Å². The van der Waals surface area contributed by atoms with Crippen LogP contribution in [-0.4, -0.2) is 24.3 Å². The average Bonchev–Trinajstić information content (AvgIpc) is 2.08. The molecule has 0 aromatic heterocycles. The Hall–Kier alpha value is -0.0800. The van der Waals surface area contributed by atoms with Gasteiger partial charge >= 0.3 is 0 Å². The quantitative estimate of drug-likeness (QED) is 0.579. The lowest BCUT2D eigenvalue weighted by molar-refractivity contribution is -0.0497. The van der Waals surface area contributed by atoms with E-state index >= 15 is 0 Å². The van der Waals surface area contributed by atoms with Gasteiger partial charge in [-0.05, 0) is 44.2 Å². The Morgan fingerprint density at radius 3 is 2.08 bits per heavy atom. The van der Waals surface area contributed by atoms with E-state index in [1.165, 1.54) is 12.8 Å². The molecule has 0 radical (unpaired) electrons. The van der Waals surface area contributed by atoms with E-state index in [0.29, 0.717) is 5.41 Å². The van der Waals surface area contributed by atoms with E-state index in [-0.39, 0.29) is 6.10 Å². The molecule has 0 atom stereocenters. The first-order valence-electron chi connectivity index (χ1n) is 5.20. The van der Waals surface area contributed by atoms with Gasteiger partial charge in [-0.2, -0.15) is 0 Å². The highest BCUT2D eigenvalue weighted by Crippen LogP contribution is 2.47. The van der Waals surface area contributed by atoms with Crippen LogP contribution < -0.4 is 5.32 Å². The average molecular weight is 171 g/mol. The van der Waals surface area contributed by atoms with Gasteiger partial charge in [0.1, 0.15) is 0 Å². The Kier molecular flexibility index (Phi) is 3.53. The summed E-state index contributed by atoms with van der Waals surface area (Å²) in [6.45, 7) is 6.32. The van der Waals surface area contributed by atoms with Gasteiger partial charge in [-0.1, -0.05) is 13.8 Å². The molecule has 1 heterocycles. The van der Waals surface area contributed by atoms with Gasteiger partial charge in [0.15, 0.2) is 0 Å². The van der Waals surface area contributed by atoms with E-state index in [1.54, 1.807) is 0 Å². The molecule has 2 nitrogen and oxygen atoms in total. The molecular formula is C10H21NO. The Morgan fingerprint density at radius 1 is 1.17 bits per heavy atom. The van der Waals surface area contributed by atoms with E-state index in [0.717, 1.165) is 25.9 Å². The second kappa shape index (κ2) is 4.24. The number of aliphatic hydroxyl groups excluding tert-OH is 1. The van der Waals surface area contributed by atoms with Crippen molar-refractivity contribution in [3.63, 3.8) is 0 Å². The maximum absolute atomic E-state index is 9.14. The van der Waals surface area contributed by atoms with Crippen LogP contribution >= 0.6 is 0 Å². The summed E-state index contributed by atoms with van der Waals surface area (Å²) in [6.07, 6.45) is 4.72. The van der Waals surface area contributed by atoms with Crippen molar-refractivity contribution < 1.29 is 5.11 Å². The van der Waals surface area contributed by atoms with Gasteiger partial charge in [-0.15, -0.1) is 0 Å². The van der Waals surface area contributed by atoms with Gasteiger partial charge < -0.3 is 10.4 Å². The third kappa shape index (κ3) is 1.99. The molecule has 2 aliphatic rings. The first-order valence-corrected chi connectivity index (χ1v) is 5.20. The van der Waals surface area contributed by atoms with Crippen LogP contribution in [0.3, 0.4) is 0 Å². The molecule has 1 aliphatic heterocycles. The van der Waals surface area contributed by atoms with Crippen LogP contribution in [0.2, 0.25) is 0 Å². The molecule has 1 saturated carbocycles. The van der Waals surface area contributed by atoms with E-state index in [1.807, 2.05) is 13.8 Å². The van der Waals surface area contributed by atoms with Crippen molar-refractivity contribution in [1.29, 1.82) is 0 Å². The Balaban J connectivity index is 0.000000336. The number of hydrogen-bond acceptors (Lipinski definition) is 2. The van der Waals surface area contributed by atoms with Gasteiger partial charge in [0.2, 0.25) is 0 Å². The topological polar surface area (TPSA) is 32.3 Å². The van der Waals surface area contributed by atoms with Gasteiger partial charge in [0.25, 0.3) is 0 Å². The molecule has 2 rings (SSSR count). The van der Waals surface area contributed by atoms with E-state index in [9.17, 15) is 0 Å². The molecule has 0 aromatic carbocycles. The summed E-state index contributed by atoms with van der Waals surface area (Å²) in [6, 6.07) is 0. The molecular weight excluding hydrogens is 150 g/mol. The van der Waals surface area contributed by atoms with E-state index in [2.05, 4.69) is 5.32 Å². The maximum Gasteiger partial charge on any atom is 0.0550 e. The Bertz CT molecular complexity index is 114. The first-order chi connectivity index (χ1) is 5.81.